The smallest absolute Gasteiger partial charge is 0.326 e. The molecule has 2 bridgehead atoms. The number of ether oxygens (including phenoxy) is 2. The van der Waals surface area contributed by atoms with Crippen LogP contribution in [-0.4, -0.2) is 171 Å². The molecule has 1 aromatic carbocycles. The first kappa shape index (κ1) is 55.2. The Labute approximate surface area is 398 Å². The first-order chi connectivity index (χ1) is 31.6. The van der Waals surface area contributed by atoms with Gasteiger partial charge in [0.05, 0.1) is 42.4 Å². The average Bonchev–Trinajstić information content (AvgIpc) is 4.01. The molecule has 0 unspecified atom stereocenters. The van der Waals surface area contributed by atoms with Crippen LogP contribution in [-0.2, 0) is 54.5 Å². The van der Waals surface area contributed by atoms with Crippen LogP contribution in [0.4, 0.5) is 0 Å². The molecule has 3 fully saturated rings. The number of amides is 5. The van der Waals surface area contributed by atoms with Crippen LogP contribution < -0.4 is 10.6 Å². The molecule has 12 atom stereocenters. The Morgan fingerprint density at radius 1 is 0.955 bits per heavy atom. The summed E-state index contributed by atoms with van der Waals surface area (Å²) in [6.45, 7) is 15.8. The number of likely N-dealkylation sites (tertiary alicyclic amines) is 2. The van der Waals surface area contributed by atoms with Crippen LogP contribution in [0.15, 0.2) is 42.3 Å². The number of carboxylic acid groups (broad SMARTS) is 1. The average molecular weight is 959 g/mol. The molecule has 3 N–H and O–H groups in total. The molecule has 1 saturated carbocycles. The van der Waals surface area contributed by atoms with Gasteiger partial charge in [0.25, 0.3) is 0 Å². The highest BCUT2D eigenvalue weighted by Gasteiger charge is 2.56. The lowest BCUT2D eigenvalue weighted by molar-refractivity contribution is -0.149. The molecule has 1 aromatic rings. The van der Waals surface area contributed by atoms with Crippen molar-refractivity contribution in [3.05, 3.63) is 47.9 Å². The molecular weight excluding hydrogens is 881 g/mol. The van der Waals surface area contributed by atoms with Gasteiger partial charge in [-0.1, -0.05) is 84.9 Å². The molecule has 0 aromatic heterocycles. The molecule has 67 heavy (non-hydrogen) atoms. The summed E-state index contributed by atoms with van der Waals surface area (Å²) in [6, 6.07) is 5.01. The van der Waals surface area contributed by atoms with Crippen LogP contribution in [0, 0.1) is 29.6 Å². The van der Waals surface area contributed by atoms with E-state index in [2.05, 4.69) is 24.1 Å². The van der Waals surface area contributed by atoms with Crippen molar-refractivity contribution in [1.82, 2.24) is 30.2 Å². The van der Waals surface area contributed by atoms with Crippen molar-refractivity contribution >= 4 is 45.3 Å². The second kappa shape index (κ2) is 24.8. The number of likely N-dealkylation sites (N-methyl/N-ethyl adjacent to an activating group) is 1. The van der Waals surface area contributed by atoms with Gasteiger partial charge in [0.2, 0.25) is 29.5 Å². The number of nitrogens with zero attached hydrogens (tertiary/aromatic N) is 4. The van der Waals surface area contributed by atoms with Gasteiger partial charge in [0, 0.05) is 65.2 Å². The number of piperidine rings is 1. The number of fused-ring (bicyclic) bond motifs is 2. The van der Waals surface area contributed by atoms with E-state index in [4.69, 9.17) is 9.47 Å². The minimum atomic E-state index is -3.39. The van der Waals surface area contributed by atoms with Crippen LogP contribution in [0.25, 0.3) is 0 Å². The fourth-order valence-electron chi connectivity index (χ4n) is 10.6. The highest BCUT2D eigenvalue weighted by Crippen LogP contribution is 2.47. The summed E-state index contributed by atoms with van der Waals surface area (Å²) in [5, 5.41) is 16.6. The number of carboxylic acids is 1. The van der Waals surface area contributed by atoms with Gasteiger partial charge in [-0.3, -0.25) is 24.0 Å². The van der Waals surface area contributed by atoms with Gasteiger partial charge in [-0.2, -0.15) is 0 Å². The van der Waals surface area contributed by atoms with Gasteiger partial charge >= 0.3 is 5.97 Å². The fourth-order valence-corrected chi connectivity index (χ4v) is 11.3. The summed E-state index contributed by atoms with van der Waals surface area (Å²) in [7, 11) is 3.02. The Bertz CT molecular complexity index is 1990. The highest BCUT2D eigenvalue weighted by molar-refractivity contribution is 7.94. The van der Waals surface area contributed by atoms with Crippen molar-refractivity contribution < 1.29 is 51.8 Å². The van der Waals surface area contributed by atoms with E-state index in [1.807, 2.05) is 33.8 Å². The molecule has 376 valence electrons. The zero-order valence-electron chi connectivity index (χ0n) is 41.4. The van der Waals surface area contributed by atoms with E-state index in [1.54, 1.807) is 64.9 Å². The zero-order chi connectivity index (χ0) is 49.9. The second-order valence-corrected chi connectivity index (χ2v) is 21.5. The third-order valence-corrected chi connectivity index (χ3v) is 16.1. The number of hydrogen-bond donors (Lipinski definition) is 3. The normalized spacial score (nSPS) is 23.6. The van der Waals surface area contributed by atoms with Gasteiger partial charge in [-0.15, -0.1) is 0 Å². The topological polar surface area (TPSA) is 212 Å². The van der Waals surface area contributed by atoms with Gasteiger partial charge < -0.3 is 44.8 Å². The number of rotatable bonds is 26. The molecule has 5 amide bonds. The standard InChI is InChI=1S/C49H78N6O11S/c1-12-31(5)43(39(65-10)29-41(57)54-24-17-20-38(54)45(66-11)33(7)46(58)50-36(49(61)62)28-34-18-15-14-16-19-34)53(9)48(60)42(30(3)4)51-47(59)44-35-21-22-37(32(35)6)55(44)40(56)23-25-52(8)26-27-67(63,64)13-2/h13-16,18-19,30-33,35-39,42-45H,2,12,17,20-29H2,1,3-11H3,(H,50,58)(H,51,59)(H,61,62)/t31-,32-,33+,35-,36-,37-,38-,39+,42-,43-,44-,45+/m0/s1. The summed E-state index contributed by atoms with van der Waals surface area (Å²) in [5.41, 5.74) is 0.764. The van der Waals surface area contributed by atoms with E-state index >= 15 is 0 Å². The van der Waals surface area contributed by atoms with E-state index in [1.165, 1.54) is 14.2 Å². The molecular formula is C49H78N6O11S. The Balaban J connectivity index is 1.47. The van der Waals surface area contributed by atoms with Crippen molar-refractivity contribution in [1.29, 1.82) is 0 Å². The number of sulfone groups is 1. The number of methoxy groups -OCH3 is 2. The summed E-state index contributed by atoms with van der Waals surface area (Å²) in [4.78, 5) is 90.0. The maximum absolute atomic E-state index is 14.7. The van der Waals surface area contributed by atoms with E-state index in [-0.39, 0.29) is 84.9 Å². The van der Waals surface area contributed by atoms with Crippen LogP contribution in [0.1, 0.15) is 92.1 Å². The number of carbonyl (C=O) groups is 6. The summed E-state index contributed by atoms with van der Waals surface area (Å²) >= 11 is 0. The minimum Gasteiger partial charge on any atom is -0.480 e. The maximum Gasteiger partial charge on any atom is 0.326 e. The number of carbonyl (C=O) groups excluding carboxylic acids is 5. The monoisotopic (exact) mass is 959 g/mol. The number of nitrogens with one attached hydrogen (secondary N) is 2. The molecule has 0 radical (unpaired) electrons. The van der Waals surface area contributed by atoms with Gasteiger partial charge in [0.15, 0.2) is 9.84 Å². The quantitative estimate of drug-likeness (QED) is 0.122. The van der Waals surface area contributed by atoms with E-state index in [0.29, 0.717) is 32.4 Å². The molecule has 4 rings (SSSR count). The van der Waals surface area contributed by atoms with E-state index < -0.39 is 70.0 Å². The Kier molecular flexibility index (Phi) is 20.4. The van der Waals surface area contributed by atoms with E-state index in [9.17, 15) is 42.3 Å². The first-order valence-corrected chi connectivity index (χ1v) is 25.7. The predicted molar refractivity (Wildman–Crippen MR) is 255 cm³/mol. The fraction of sp³-hybridized carbons (Fsp3) is 0.714. The van der Waals surface area contributed by atoms with E-state index in [0.717, 1.165) is 23.8 Å². The van der Waals surface area contributed by atoms with Crippen molar-refractivity contribution in [3.8, 4) is 0 Å². The van der Waals surface area contributed by atoms with Gasteiger partial charge in [-0.25, -0.2) is 13.2 Å². The third kappa shape index (κ3) is 13.7. The molecule has 0 spiro atoms. The molecule has 2 saturated heterocycles. The number of hydrogen-bond acceptors (Lipinski definition) is 11. The lowest BCUT2D eigenvalue weighted by Gasteiger charge is -2.41. The molecule has 2 aliphatic heterocycles. The third-order valence-electron chi connectivity index (χ3n) is 14.8. The maximum atomic E-state index is 14.7. The van der Waals surface area contributed by atoms with Crippen molar-refractivity contribution in [3.63, 3.8) is 0 Å². The Morgan fingerprint density at radius 3 is 2.21 bits per heavy atom. The largest absolute Gasteiger partial charge is 0.480 e. The van der Waals surface area contributed by atoms with Gasteiger partial charge in [-0.05, 0) is 62.0 Å². The van der Waals surface area contributed by atoms with Crippen molar-refractivity contribution in [2.75, 3.05) is 53.7 Å². The lowest BCUT2D eigenvalue weighted by atomic mass is 9.89. The SMILES string of the molecule is C=CS(=O)(=O)CCN(C)CCC(=O)N1[C@H](C(=O)N[C@H](C(=O)N(C)[C@@H]([C@@H](C)CC)[C@@H](CC(=O)N2CCC[C@H]2[C@H](OC)[C@@H](C)C(=O)N[C@@H](Cc2ccccc2)C(=O)O)OC)C(C)C)[C@H]2CC[C@H]1[C@H]2C. The summed E-state index contributed by atoms with van der Waals surface area (Å²) in [5.74, 6) is -4.18. The summed E-state index contributed by atoms with van der Waals surface area (Å²) in [6.07, 6.45) is 2.10. The molecule has 17 nitrogen and oxygen atoms in total. The van der Waals surface area contributed by atoms with Crippen molar-refractivity contribution in [2.45, 2.75) is 141 Å². The zero-order valence-corrected chi connectivity index (χ0v) is 42.2. The molecule has 3 aliphatic rings. The number of aliphatic carboxylic acids is 1. The predicted octanol–water partition coefficient (Wildman–Crippen LogP) is 3.37. The highest BCUT2D eigenvalue weighted by atomic mass is 32.2. The van der Waals surface area contributed by atoms with Crippen LogP contribution >= 0.6 is 0 Å². The number of benzene rings is 1. The molecule has 18 heteroatoms. The van der Waals surface area contributed by atoms with Crippen LogP contribution in [0.2, 0.25) is 0 Å². The minimum absolute atomic E-state index is 0.0763. The summed E-state index contributed by atoms with van der Waals surface area (Å²) < 4.78 is 35.9. The molecule has 2 heterocycles. The van der Waals surface area contributed by atoms with Crippen LogP contribution in [0.3, 0.4) is 0 Å². The van der Waals surface area contributed by atoms with Crippen LogP contribution in [0.5, 0.6) is 0 Å². The molecule has 1 aliphatic carbocycles. The Hall–Kier alpha value is -4.39. The van der Waals surface area contributed by atoms with Gasteiger partial charge in [0.1, 0.15) is 18.1 Å². The first-order valence-electron chi connectivity index (χ1n) is 24.0. The Morgan fingerprint density at radius 2 is 1.63 bits per heavy atom. The van der Waals surface area contributed by atoms with Crippen molar-refractivity contribution in [2.24, 2.45) is 29.6 Å². The lowest BCUT2D eigenvalue weighted by Crippen LogP contribution is -2.60. The second-order valence-electron chi connectivity index (χ2n) is 19.4.